The Balaban J connectivity index is 1.56. The Labute approximate surface area is 148 Å². The van der Waals surface area contributed by atoms with Crippen molar-refractivity contribution in [3.05, 3.63) is 29.8 Å². The summed E-state index contributed by atoms with van der Waals surface area (Å²) in [6.07, 6.45) is -0.0157. The Bertz CT molecular complexity index is 730. The monoisotopic (exact) mass is 363 g/mol. The molecule has 9 heteroatoms. The molecular formula is C16H17N3O5S. The standard InChI is InChI=1S/C16H17N3O5S/c20-13(17-11-3-1-2-10(8-11)15(22)23)9-12-14(21)18-16(25-12)19-4-6-24-7-5-19/h1-3,8,12H,4-7,9H2,(H,17,20)(H,22,23)/t12-/m0/s1. The highest BCUT2D eigenvalue weighted by atomic mass is 32.2. The molecule has 2 heterocycles. The molecule has 2 aliphatic rings. The maximum absolute atomic E-state index is 12.2. The van der Waals surface area contributed by atoms with Crippen LogP contribution in [0.25, 0.3) is 0 Å². The zero-order chi connectivity index (χ0) is 17.8. The van der Waals surface area contributed by atoms with Crippen molar-refractivity contribution in [2.75, 3.05) is 31.6 Å². The molecule has 0 aliphatic carbocycles. The molecule has 1 aromatic carbocycles. The zero-order valence-corrected chi connectivity index (χ0v) is 14.1. The van der Waals surface area contributed by atoms with Gasteiger partial charge in [0.05, 0.1) is 18.8 Å². The largest absolute Gasteiger partial charge is 0.478 e. The lowest BCUT2D eigenvalue weighted by molar-refractivity contribution is -0.121. The molecule has 0 bridgehead atoms. The van der Waals surface area contributed by atoms with Crippen molar-refractivity contribution in [1.29, 1.82) is 0 Å². The molecule has 0 spiro atoms. The van der Waals surface area contributed by atoms with Crippen molar-refractivity contribution in [2.45, 2.75) is 11.7 Å². The smallest absolute Gasteiger partial charge is 0.335 e. The molecule has 2 aliphatic heterocycles. The summed E-state index contributed by atoms with van der Waals surface area (Å²) >= 11 is 1.29. The van der Waals surface area contributed by atoms with Crippen LogP contribution in [0.4, 0.5) is 5.69 Å². The van der Waals surface area contributed by atoms with Crippen LogP contribution in [0, 0.1) is 0 Å². The topological polar surface area (TPSA) is 108 Å². The van der Waals surface area contributed by atoms with E-state index in [0.29, 0.717) is 37.2 Å². The van der Waals surface area contributed by atoms with Gasteiger partial charge >= 0.3 is 5.97 Å². The number of benzene rings is 1. The van der Waals surface area contributed by atoms with Gasteiger partial charge in [0.25, 0.3) is 5.91 Å². The van der Waals surface area contributed by atoms with Crippen molar-refractivity contribution in [3.63, 3.8) is 0 Å². The predicted octanol–water partition coefficient (Wildman–Crippen LogP) is 1.04. The highest BCUT2D eigenvalue weighted by molar-refractivity contribution is 8.15. The van der Waals surface area contributed by atoms with E-state index in [-0.39, 0.29) is 23.8 Å². The molecule has 0 radical (unpaired) electrons. The van der Waals surface area contributed by atoms with Crippen LogP contribution in [0.3, 0.4) is 0 Å². The molecule has 8 nitrogen and oxygen atoms in total. The fraction of sp³-hybridized carbons (Fsp3) is 0.375. The third kappa shape index (κ3) is 4.37. The molecule has 1 atom stereocenters. The van der Waals surface area contributed by atoms with Crippen LogP contribution < -0.4 is 5.32 Å². The van der Waals surface area contributed by atoms with Crippen LogP contribution in [-0.2, 0) is 14.3 Å². The van der Waals surface area contributed by atoms with Gasteiger partial charge in [-0.25, -0.2) is 4.79 Å². The average molecular weight is 363 g/mol. The number of carbonyl (C=O) groups is 3. The van der Waals surface area contributed by atoms with Crippen molar-refractivity contribution in [2.24, 2.45) is 4.99 Å². The molecular weight excluding hydrogens is 346 g/mol. The lowest BCUT2D eigenvalue weighted by atomic mass is 10.2. The van der Waals surface area contributed by atoms with Gasteiger partial charge < -0.3 is 20.1 Å². The molecule has 0 aromatic heterocycles. The summed E-state index contributed by atoms with van der Waals surface area (Å²) in [5.41, 5.74) is 0.469. The number of nitrogens with one attached hydrogen (secondary N) is 1. The number of thioether (sulfide) groups is 1. The molecule has 132 valence electrons. The number of hydrogen-bond donors (Lipinski definition) is 2. The van der Waals surface area contributed by atoms with E-state index in [2.05, 4.69) is 10.3 Å². The molecule has 25 heavy (non-hydrogen) atoms. The van der Waals surface area contributed by atoms with E-state index < -0.39 is 11.2 Å². The number of rotatable bonds is 4. The van der Waals surface area contributed by atoms with Gasteiger partial charge in [-0.2, -0.15) is 4.99 Å². The van der Waals surface area contributed by atoms with Crippen molar-refractivity contribution < 1.29 is 24.2 Å². The Hall–Kier alpha value is -2.39. The summed E-state index contributed by atoms with van der Waals surface area (Å²) in [5, 5.41) is 11.7. The third-order valence-corrected chi connectivity index (χ3v) is 4.99. The molecule has 1 fully saturated rings. The second-order valence-corrected chi connectivity index (χ2v) is 6.75. The number of anilines is 1. The number of amidine groups is 1. The van der Waals surface area contributed by atoms with Gasteiger partial charge in [-0.05, 0) is 18.2 Å². The van der Waals surface area contributed by atoms with Gasteiger partial charge in [0.1, 0.15) is 5.25 Å². The quantitative estimate of drug-likeness (QED) is 0.823. The van der Waals surface area contributed by atoms with Crippen molar-refractivity contribution in [1.82, 2.24) is 4.90 Å². The molecule has 0 unspecified atom stereocenters. The number of carbonyl (C=O) groups excluding carboxylic acids is 2. The van der Waals surface area contributed by atoms with Crippen LogP contribution in [0.1, 0.15) is 16.8 Å². The van der Waals surface area contributed by atoms with E-state index >= 15 is 0 Å². The zero-order valence-electron chi connectivity index (χ0n) is 13.3. The molecule has 2 amide bonds. The SMILES string of the molecule is O=C(C[C@@H]1SC(N2CCOCC2)=NC1=O)Nc1cccc(C(=O)O)c1. The van der Waals surface area contributed by atoms with E-state index in [4.69, 9.17) is 9.84 Å². The van der Waals surface area contributed by atoms with Gasteiger partial charge in [0.15, 0.2) is 5.17 Å². The predicted molar refractivity (Wildman–Crippen MR) is 92.9 cm³/mol. The Kier molecular flexibility index (Phi) is 5.34. The number of morpholine rings is 1. The number of hydrogen-bond acceptors (Lipinski definition) is 6. The van der Waals surface area contributed by atoms with Gasteiger partial charge in [0, 0.05) is 25.2 Å². The fourth-order valence-corrected chi connectivity index (χ4v) is 3.63. The van der Waals surface area contributed by atoms with E-state index in [9.17, 15) is 14.4 Å². The minimum atomic E-state index is -1.07. The van der Waals surface area contributed by atoms with Crippen LogP contribution in [0.2, 0.25) is 0 Å². The van der Waals surface area contributed by atoms with Crippen LogP contribution >= 0.6 is 11.8 Å². The minimum absolute atomic E-state index is 0.0157. The van der Waals surface area contributed by atoms with E-state index in [1.54, 1.807) is 12.1 Å². The van der Waals surface area contributed by atoms with Gasteiger partial charge in [-0.1, -0.05) is 17.8 Å². The van der Waals surface area contributed by atoms with Crippen molar-refractivity contribution >= 4 is 40.4 Å². The van der Waals surface area contributed by atoms with E-state index in [1.165, 1.54) is 23.9 Å². The second kappa shape index (κ2) is 7.66. The molecule has 3 rings (SSSR count). The number of carboxylic acids is 1. The highest BCUT2D eigenvalue weighted by Gasteiger charge is 2.33. The molecule has 1 saturated heterocycles. The summed E-state index contributed by atoms with van der Waals surface area (Å²) in [6.45, 7) is 2.55. The number of nitrogens with zero attached hydrogens (tertiary/aromatic N) is 2. The first kappa shape index (κ1) is 17.4. The normalized spacial score (nSPS) is 20.3. The number of aliphatic imine (C=N–C) groups is 1. The molecule has 1 aromatic rings. The highest BCUT2D eigenvalue weighted by Crippen LogP contribution is 2.28. The number of ether oxygens (including phenoxy) is 1. The Morgan fingerprint density at radius 3 is 2.84 bits per heavy atom. The number of aromatic carboxylic acids is 1. The summed E-state index contributed by atoms with van der Waals surface area (Å²) in [6, 6.07) is 5.97. The lowest BCUT2D eigenvalue weighted by Crippen LogP contribution is -2.39. The average Bonchev–Trinajstić information content (AvgIpc) is 2.96. The Morgan fingerprint density at radius 1 is 1.36 bits per heavy atom. The maximum atomic E-state index is 12.2. The van der Waals surface area contributed by atoms with E-state index in [0.717, 1.165) is 0 Å². The van der Waals surface area contributed by atoms with E-state index in [1.807, 2.05) is 4.90 Å². The third-order valence-electron chi connectivity index (χ3n) is 3.77. The lowest BCUT2D eigenvalue weighted by Gasteiger charge is -2.27. The second-order valence-electron chi connectivity index (χ2n) is 5.58. The molecule has 0 saturated carbocycles. The van der Waals surface area contributed by atoms with Crippen LogP contribution in [0.5, 0.6) is 0 Å². The van der Waals surface area contributed by atoms with Gasteiger partial charge in [-0.3, -0.25) is 9.59 Å². The van der Waals surface area contributed by atoms with Crippen LogP contribution in [0.15, 0.2) is 29.3 Å². The fourth-order valence-electron chi connectivity index (χ4n) is 2.51. The summed E-state index contributed by atoms with van der Waals surface area (Å²) < 4.78 is 5.27. The van der Waals surface area contributed by atoms with Gasteiger partial charge in [-0.15, -0.1) is 0 Å². The van der Waals surface area contributed by atoms with Crippen molar-refractivity contribution in [3.8, 4) is 0 Å². The number of carboxylic acid groups (broad SMARTS) is 1. The minimum Gasteiger partial charge on any atom is -0.478 e. The summed E-state index contributed by atoms with van der Waals surface area (Å²) in [7, 11) is 0. The molecule has 2 N–H and O–H groups in total. The first-order valence-corrected chi connectivity index (χ1v) is 8.66. The summed E-state index contributed by atoms with van der Waals surface area (Å²) in [5.74, 6) is -1.74. The maximum Gasteiger partial charge on any atom is 0.335 e. The first-order chi connectivity index (χ1) is 12.0. The first-order valence-electron chi connectivity index (χ1n) is 7.78. The van der Waals surface area contributed by atoms with Gasteiger partial charge in [0.2, 0.25) is 5.91 Å². The summed E-state index contributed by atoms with van der Waals surface area (Å²) in [4.78, 5) is 41.2. The van der Waals surface area contributed by atoms with Crippen LogP contribution in [-0.4, -0.2) is 64.5 Å². The number of amides is 2. The Morgan fingerprint density at radius 2 is 2.12 bits per heavy atom.